The van der Waals surface area contributed by atoms with Crippen LogP contribution in [0.25, 0.3) is 165 Å². The van der Waals surface area contributed by atoms with Crippen molar-refractivity contribution in [1.29, 1.82) is 0 Å². The van der Waals surface area contributed by atoms with Crippen molar-refractivity contribution >= 4 is 88.5 Å². The summed E-state index contributed by atoms with van der Waals surface area (Å²) >= 11 is 4.77. The largest absolute Gasteiger partial charge is 0.435 e. The van der Waals surface area contributed by atoms with Crippen LogP contribution in [0.2, 0.25) is 0 Å². The Morgan fingerprint density at radius 3 is 1.04 bits per heavy atom. The number of hydrogen-bond donors (Lipinski definition) is 0. The molecular formula is C110H100N20O7S3. The average molecular weight is 1910 g/mol. The van der Waals surface area contributed by atoms with Crippen molar-refractivity contribution in [2.45, 2.75) is 166 Å². The molecule has 5 aliphatic heterocycles. The third-order valence-corrected chi connectivity index (χ3v) is 29.6. The second kappa shape index (κ2) is 37.0. The van der Waals surface area contributed by atoms with Gasteiger partial charge in [-0.2, -0.15) is 0 Å². The normalized spacial score (nSPS) is 15.5. The van der Waals surface area contributed by atoms with E-state index in [0.717, 1.165) is 211 Å². The molecule has 25 rings (SSSR count). The highest BCUT2D eigenvalue weighted by Crippen LogP contribution is 2.41. The maximum absolute atomic E-state index is 13.0. The Morgan fingerprint density at radius 2 is 0.600 bits per heavy atom. The van der Waals surface area contributed by atoms with Gasteiger partial charge >= 0.3 is 0 Å². The lowest BCUT2D eigenvalue weighted by Crippen LogP contribution is -2.36. The molecule has 0 saturated carbocycles. The third-order valence-electron chi connectivity index (χ3n) is 26.6. The smallest absolute Gasteiger partial charge is 0.261 e. The molecule has 0 fully saturated rings. The number of benzene rings is 5. The number of nitrogens with zero attached hydrogens (tertiary/aromatic N) is 20. The highest BCUT2D eigenvalue weighted by molar-refractivity contribution is 7.18. The second-order valence-electron chi connectivity index (χ2n) is 40.3. The van der Waals surface area contributed by atoms with Crippen LogP contribution in [0.4, 0.5) is 0 Å². The molecule has 0 radical (unpaired) electrons. The lowest BCUT2D eigenvalue weighted by atomic mass is 9.85. The molecule has 700 valence electrons. The van der Waals surface area contributed by atoms with Gasteiger partial charge in [-0.05, 0) is 192 Å². The molecule has 20 aromatic rings. The van der Waals surface area contributed by atoms with Gasteiger partial charge in [0, 0.05) is 136 Å². The first-order valence-electron chi connectivity index (χ1n) is 47.1. The maximum atomic E-state index is 13.0. The Balaban J connectivity index is 0.000000104. The molecule has 0 N–H and O–H groups in total. The Hall–Kier alpha value is -15.1. The molecule has 140 heavy (non-hydrogen) atoms. The van der Waals surface area contributed by atoms with E-state index < -0.39 is 0 Å². The Kier molecular flexibility index (Phi) is 24.1. The van der Waals surface area contributed by atoms with E-state index in [4.69, 9.17) is 38.7 Å². The van der Waals surface area contributed by atoms with E-state index in [1.807, 2.05) is 223 Å². The molecule has 0 atom stereocenters. The summed E-state index contributed by atoms with van der Waals surface area (Å²) in [6, 6.07) is 57.5. The average Bonchev–Trinajstić information content (AvgIpc) is 1.05. The topological polar surface area (TPSA) is 330 Å². The summed E-state index contributed by atoms with van der Waals surface area (Å²) in [5.74, 6) is 6.59. The number of aryl methyl sites for hydroxylation is 5. The summed E-state index contributed by atoms with van der Waals surface area (Å²) in [6.45, 7) is 25.6. The van der Waals surface area contributed by atoms with Gasteiger partial charge in [0.15, 0.2) is 11.5 Å². The summed E-state index contributed by atoms with van der Waals surface area (Å²) < 4.78 is 21.0. The zero-order valence-electron chi connectivity index (χ0n) is 79.2. The molecule has 27 nitrogen and oxygen atoms in total. The van der Waals surface area contributed by atoms with Crippen LogP contribution in [0, 0.1) is 27.1 Å². The first-order chi connectivity index (χ1) is 67.5. The quantitative estimate of drug-likeness (QED) is 0.123. The fourth-order valence-electron chi connectivity index (χ4n) is 18.7. The molecule has 0 aliphatic carbocycles. The van der Waals surface area contributed by atoms with Crippen LogP contribution < -0.4 is 27.8 Å². The Bertz CT molecular complexity index is 7350. The summed E-state index contributed by atoms with van der Waals surface area (Å²) in [4.78, 5) is 135. The molecule has 0 bridgehead atoms. The predicted octanol–water partition coefficient (Wildman–Crippen LogP) is 21.8. The van der Waals surface area contributed by atoms with Crippen molar-refractivity contribution in [2.75, 3.05) is 0 Å². The van der Waals surface area contributed by atoms with E-state index in [0.29, 0.717) is 80.0 Å². The standard InChI is InChI=1S/2C22H20N4O2.3C22H20N4OS/c1-22(2)9-8-19-25-17-11-14(6-7-15(17)21(27)26(19)13-22)20-24-12-18(28-20)16-5-3-4-10-23-16;1-22(2)9-8-19-25-17-11-14(6-7-15(17)21(27)26(19)13-22)18-12-24-20(28-18)16-5-3-4-10-23-16;1-22(2)9-8-19-24-17-11-14(6-7-15(17)21(27)26(19)13-22)20-25-18(12-28-20)16-5-3-4-10-23-16;1-22(2)9-8-19-25-17-11-14(6-7-15(17)21(27)26(19)13-22)20-24-12-18(28-20)16-5-3-4-10-23-16;1-22(2)9-8-19-25-17-11-14(6-7-15(17)21(27)26(19)13-22)18-12-24-20(28-18)16-5-3-4-10-23-16/h5*3-7,10-12H,8-9,13H2,1-2H3. The zero-order valence-corrected chi connectivity index (χ0v) is 81.7. The van der Waals surface area contributed by atoms with E-state index in [9.17, 15) is 24.0 Å². The number of fused-ring (bicyclic) bond motifs is 10. The van der Waals surface area contributed by atoms with Gasteiger partial charge in [0.2, 0.25) is 11.8 Å². The molecule has 0 saturated heterocycles. The lowest BCUT2D eigenvalue weighted by Gasteiger charge is -2.31. The highest BCUT2D eigenvalue weighted by Gasteiger charge is 2.34. The minimum Gasteiger partial charge on any atom is -0.435 e. The van der Waals surface area contributed by atoms with Crippen molar-refractivity contribution < 1.29 is 8.83 Å². The van der Waals surface area contributed by atoms with Gasteiger partial charge in [-0.15, -0.1) is 34.0 Å². The van der Waals surface area contributed by atoms with E-state index in [1.165, 1.54) is 0 Å². The molecule has 15 aromatic heterocycles. The Morgan fingerprint density at radius 1 is 0.271 bits per heavy atom. The van der Waals surface area contributed by atoms with Crippen LogP contribution in [-0.2, 0) is 64.8 Å². The number of aromatic nitrogens is 20. The van der Waals surface area contributed by atoms with Crippen molar-refractivity contribution in [3.8, 4) is 110 Å². The van der Waals surface area contributed by atoms with E-state index >= 15 is 0 Å². The van der Waals surface area contributed by atoms with Crippen molar-refractivity contribution in [2.24, 2.45) is 27.1 Å². The molecule has 5 aliphatic rings. The molecule has 30 heteroatoms. The fraction of sp³-hybridized carbons (Fsp3) is 0.273. The Labute approximate surface area is 816 Å². The monoisotopic (exact) mass is 1910 g/mol. The van der Waals surface area contributed by atoms with Crippen molar-refractivity contribution in [3.05, 3.63) is 324 Å². The number of thiazole rings is 3. The maximum Gasteiger partial charge on any atom is 0.261 e. The summed E-state index contributed by atoms with van der Waals surface area (Å²) in [6.07, 6.45) is 25.1. The summed E-state index contributed by atoms with van der Waals surface area (Å²) in [5.41, 5.74) is 14.1. The van der Waals surface area contributed by atoms with Crippen LogP contribution in [-0.4, -0.2) is 97.6 Å². The number of oxazole rings is 2. The van der Waals surface area contributed by atoms with Crippen molar-refractivity contribution in [3.63, 3.8) is 0 Å². The third kappa shape index (κ3) is 19.0. The van der Waals surface area contributed by atoms with Gasteiger partial charge in [0.1, 0.15) is 61.2 Å². The minimum atomic E-state index is 0.0286. The first-order valence-corrected chi connectivity index (χ1v) is 49.6. The molecule has 0 unspecified atom stereocenters. The van der Waals surface area contributed by atoms with Gasteiger partial charge in [0.25, 0.3) is 27.8 Å². The van der Waals surface area contributed by atoms with Crippen LogP contribution in [0.3, 0.4) is 0 Å². The summed E-state index contributed by atoms with van der Waals surface area (Å²) in [5, 5.41) is 8.00. The molecular weight excluding hydrogens is 1810 g/mol. The number of hydrogen-bond acceptors (Lipinski definition) is 25. The number of pyridine rings is 5. The van der Waals surface area contributed by atoms with E-state index in [1.54, 1.807) is 77.4 Å². The summed E-state index contributed by atoms with van der Waals surface area (Å²) in [7, 11) is 0. The van der Waals surface area contributed by atoms with Gasteiger partial charge in [0.05, 0.1) is 93.7 Å². The molecule has 20 heterocycles. The van der Waals surface area contributed by atoms with E-state index in [-0.39, 0.29) is 54.9 Å². The highest BCUT2D eigenvalue weighted by atomic mass is 32.1. The van der Waals surface area contributed by atoms with Crippen LogP contribution in [0.15, 0.2) is 276 Å². The van der Waals surface area contributed by atoms with Crippen LogP contribution >= 0.6 is 34.0 Å². The van der Waals surface area contributed by atoms with Gasteiger partial charge in [-0.25, -0.2) is 49.8 Å². The molecule has 0 amide bonds. The van der Waals surface area contributed by atoms with Gasteiger partial charge in [-0.3, -0.25) is 71.7 Å². The van der Waals surface area contributed by atoms with Gasteiger partial charge < -0.3 is 8.83 Å². The van der Waals surface area contributed by atoms with Crippen molar-refractivity contribution in [1.82, 2.24) is 97.6 Å². The van der Waals surface area contributed by atoms with E-state index in [2.05, 4.69) is 114 Å². The molecule has 0 spiro atoms. The van der Waals surface area contributed by atoms with Gasteiger partial charge in [-0.1, -0.05) is 124 Å². The van der Waals surface area contributed by atoms with Crippen LogP contribution in [0.1, 0.15) is 130 Å². The van der Waals surface area contributed by atoms with Crippen LogP contribution in [0.5, 0.6) is 0 Å². The zero-order chi connectivity index (χ0) is 96.5. The molecule has 5 aromatic carbocycles. The fourth-order valence-corrected chi connectivity index (χ4v) is 21.3. The lowest BCUT2D eigenvalue weighted by molar-refractivity contribution is 0.240. The number of rotatable bonds is 10. The second-order valence-corrected chi connectivity index (χ2v) is 43.2. The SMILES string of the molecule is CC1(C)CCc2nc3cc(-c4cnc(-c5ccccn5)o4)ccc3c(=O)n2C1.CC1(C)CCc2nc3cc(-c4cnc(-c5ccccn5)s4)ccc3c(=O)n2C1.CC1(C)CCc2nc3cc(-c4nc(-c5ccccn5)cs4)ccc3c(=O)n2C1.CC1(C)CCc2nc3cc(-c4ncc(-c5ccccn5)o4)ccc3c(=O)n2C1.CC1(C)CCc2nc3cc(-c4ncc(-c5ccccn5)s4)ccc3c(=O)n2C1. The minimum absolute atomic E-state index is 0.0286. The predicted molar refractivity (Wildman–Crippen MR) is 551 cm³/mol. The first kappa shape index (κ1) is 91.3.